The fraction of sp³-hybridized carbons (Fsp3) is 0.347. The molecule has 5 aliphatic carbocycles. The number of hydrogen-bond donors (Lipinski definition) is 0. The summed E-state index contributed by atoms with van der Waals surface area (Å²) in [4.78, 5) is 1.53. The SMILES string of the molecule is C1=CC2SC3C=CC(C4CC=CCC4)=CC3C3(c4ccccc4SC4CCC=C(c5cccc6c5c5ccccc5n6C5=CCCCC5)C43)C2C=C1. The number of thioether (sulfide) groups is 2. The van der Waals surface area contributed by atoms with Gasteiger partial charge in [0.2, 0.25) is 0 Å². The van der Waals surface area contributed by atoms with E-state index in [4.69, 9.17) is 0 Å². The van der Waals surface area contributed by atoms with Gasteiger partial charge >= 0.3 is 0 Å². The minimum Gasteiger partial charge on any atom is -0.313 e. The molecule has 1 spiro atoms. The van der Waals surface area contributed by atoms with E-state index in [2.05, 4.69) is 162 Å². The highest BCUT2D eigenvalue weighted by molar-refractivity contribution is 8.01. The molecule has 0 radical (unpaired) electrons. The van der Waals surface area contributed by atoms with Crippen LogP contribution in [-0.4, -0.2) is 20.3 Å². The fourth-order valence-corrected chi connectivity index (χ4v) is 14.9. The molecule has 2 aliphatic heterocycles. The summed E-state index contributed by atoms with van der Waals surface area (Å²) >= 11 is 4.43. The zero-order valence-electron chi connectivity index (χ0n) is 29.9. The summed E-state index contributed by atoms with van der Waals surface area (Å²) < 4.78 is 2.63. The van der Waals surface area contributed by atoms with Crippen molar-refractivity contribution in [3.05, 3.63) is 150 Å². The lowest BCUT2D eigenvalue weighted by Crippen LogP contribution is -2.61. The van der Waals surface area contributed by atoms with Gasteiger partial charge in [0.1, 0.15) is 0 Å². The first-order chi connectivity index (χ1) is 25.8. The second-order valence-corrected chi connectivity index (χ2v) is 18.8. The number of allylic oxidation sites excluding steroid dienone is 12. The monoisotopic (exact) mass is 713 g/mol. The highest BCUT2D eigenvalue weighted by Gasteiger charge is 2.63. The van der Waals surface area contributed by atoms with Gasteiger partial charge in [0.25, 0.3) is 0 Å². The predicted molar refractivity (Wildman–Crippen MR) is 225 cm³/mol. The Kier molecular flexibility index (Phi) is 7.80. The van der Waals surface area contributed by atoms with Gasteiger partial charge in [-0.05, 0) is 104 Å². The summed E-state index contributed by atoms with van der Waals surface area (Å²) in [5.41, 5.74) is 10.5. The number of nitrogens with zero attached hydrogens (tertiary/aromatic N) is 1. The molecule has 1 saturated heterocycles. The third-order valence-corrected chi connectivity index (χ3v) is 16.6. The molecule has 1 nitrogen and oxygen atoms in total. The Hall–Kier alpha value is -3.66. The van der Waals surface area contributed by atoms with Gasteiger partial charge in [0, 0.05) is 60.3 Å². The molecule has 11 rings (SSSR count). The molecule has 3 heteroatoms. The maximum Gasteiger partial charge on any atom is 0.0543 e. The standard InChI is InChI=1S/C49H47NS2/c1-3-15-32(16-4-1)33-29-30-45-40(31-33)49(38-22-8-11-26-43(38)51-45)39-23-9-12-27-44(39)52-46-28-14-21-36(48(46)49)35-20-13-25-42-47(35)37-19-7-10-24-41(37)50(42)34-17-5-2-6-18-34/h1,3,7-13,17,19-27,29-32,38,40,43,45-46,48H,2,4-6,14-16,18,28H2. The van der Waals surface area contributed by atoms with Crippen LogP contribution in [0, 0.1) is 23.7 Å². The zero-order chi connectivity index (χ0) is 34.2. The number of fused-ring (bicyclic) bond motifs is 11. The van der Waals surface area contributed by atoms with Gasteiger partial charge in [0.15, 0.2) is 0 Å². The Bertz CT molecular complexity index is 2310. The Morgan fingerprint density at radius 2 is 1.62 bits per heavy atom. The molecule has 1 aromatic heterocycles. The average molecular weight is 714 g/mol. The maximum absolute atomic E-state index is 2.84. The molecule has 8 unspecified atom stereocenters. The van der Waals surface area contributed by atoms with Gasteiger partial charge in [-0.15, -0.1) is 23.5 Å². The van der Waals surface area contributed by atoms with Crippen molar-refractivity contribution >= 4 is 56.6 Å². The normalized spacial score (nSPS) is 33.2. The van der Waals surface area contributed by atoms with E-state index in [0.29, 0.717) is 39.4 Å². The van der Waals surface area contributed by atoms with Crippen LogP contribution in [0.15, 0.2) is 144 Å². The van der Waals surface area contributed by atoms with Crippen LogP contribution >= 0.6 is 23.5 Å². The maximum atomic E-state index is 2.84. The lowest BCUT2D eigenvalue weighted by Gasteiger charge is -2.63. The zero-order valence-corrected chi connectivity index (χ0v) is 31.5. The van der Waals surface area contributed by atoms with Crippen molar-refractivity contribution in [2.75, 3.05) is 0 Å². The van der Waals surface area contributed by atoms with E-state index in [0.717, 1.165) is 12.8 Å². The van der Waals surface area contributed by atoms with Crippen LogP contribution < -0.4 is 0 Å². The van der Waals surface area contributed by atoms with Gasteiger partial charge in [0.05, 0.1) is 11.0 Å². The molecule has 7 aliphatic rings. The summed E-state index contributed by atoms with van der Waals surface area (Å²) in [5.74, 6) is 1.87. The molecule has 0 N–H and O–H groups in total. The van der Waals surface area contributed by atoms with Gasteiger partial charge in [-0.1, -0.05) is 115 Å². The quantitative estimate of drug-likeness (QED) is 0.195. The molecule has 0 amide bonds. The van der Waals surface area contributed by atoms with Crippen LogP contribution in [0.25, 0.3) is 33.1 Å². The smallest absolute Gasteiger partial charge is 0.0543 e. The first kappa shape index (κ1) is 31.8. The molecule has 8 atom stereocenters. The average Bonchev–Trinajstić information content (AvgIpc) is 3.56. The van der Waals surface area contributed by atoms with Gasteiger partial charge < -0.3 is 4.57 Å². The Morgan fingerprint density at radius 3 is 2.54 bits per heavy atom. The van der Waals surface area contributed by atoms with Crippen LogP contribution in [0.5, 0.6) is 0 Å². The number of para-hydroxylation sites is 1. The lowest BCUT2D eigenvalue weighted by atomic mass is 9.49. The molecule has 260 valence electrons. The largest absolute Gasteiger partial charge is 0.313 e. The van der Waals surface area contributed by atoms with Crippen LogP contribution in [0.3, 0.4) is 0 Å². The minimum atomic E-state index is -0.0620. The first-order valence-electron chi connectivity index (χ1n) is 20.0. The number of aromatic nitrogens is 1. The summed E-state index contributed by atoms with van der Waals surface area (Å²) in [6, 6.07) is 26.2. The predicted octanol–water partition coefficient (Wildman–Crippen LogP) is 13.1. The van der Waals surface area contributed by atoms with Crippen molar-refractivity contribution < 1.29 is 0 Å². The third kappa shape index (κ3) is 4.70. The van der Waals surface area contributed by atoms with Crippen LogP contribution in [-0.2, 0) is 5.41 Å². The highest BCUT2D eigenvalue weighted by Crippen LogP contribution is 2.68. The Morgan fingerprint density at radius 1 is 0.731 bits per heavy atom. The molecule has 3 heterocycles. The van der Waals surface area contributed by atoms with Crippen molar-refractivity contribution in [3.63, 3.8) is 0 Å². The topological polar surface area (TPSA) is 4.93 Å². The van der Waals surface area contributed by atoms with Crippen LogP contribution in [0.1, 0.15) is 68.9 Å². The molecule has 3 aromatic carbocycles. The van der Waals surface area contributed by atoms with Gasteiger partial charge in [-0.3, -0.25) is 0 Å². The van der Waals surface area contributed by atoms with Crippen LogP contribution in [0.4, 0.5) is 0 Å². The van der Waals surface area contributed by atoms with E-state index in [1.807, 2.05) is 0 Å². The third-order valence-electron chi connectivity index (χ3n) is 13.7. The first-order valence-corrected chi connectivity index (χ1v) is 21.9. The van der Waals surface area contributed by atoms with E-state index in [-0.39, 0.29) is 5.41 Å². The van der Waals surface area contributed by atoms with E-state index in [1.54, 1.807) is 16.7 Å². The number of benzene rings is 3. The van der Waals surface area contributed by atoms with Gasteiger partial charge in [-0.2, -0.15) is 0 Å². The molecule has 0 bridgehead atoms. The van der Waals surface area contributed by atoms with Crippen molar-refractivity contribution in [2.45, 2.75) is 83.8 Å². The second-order valence-electron chi connectivity index (χ2n) is 16.2. The molecular formula is C49H47NS2. The van der Waals surface area contributed by atoms with E-state index in [1.165, 1.54) is 82.9 Å². The number of hydrogen-bond acceptors (Lipinski definition) is 2. The lowest BCUT2D eigenvalue weighted by molar-refractivity contribution is 0.154. The molecular weight excluding hydrogens is 667 g/mol. The highest BCUT2D eigenvalue weighted by atomic mass is 32.2. The Balaban J connectivity index is 1.18. The summed E-state index contributed by atoms with van der Waals surface area (Å²) in [6.45, 7) is 0. The molecule has 1 fully saturated rings. The fourth-order valence-electron chi connectivity index (χ4n) is 11.6. The van der Waals surface area contributed by atoms with Crippen LogP contribution in [0.2, 0.25) is 0 Å². The van der Waals surface area contributed by atoms with Gasteiger partial charge in [-0.25, -0.2) is 0 Å². The minimum absolute atomic E-state index is 0.0620. The van der Waals surface area contributed by atoms with Crippen molar-refractivity contribution in [2.24, 2.45) is 23.7 Å². The number of rotatable bonds is 3. The summed E-state index contributed by atoms with van der Waals surface area (Å²) in [7, 11) is 0. The molecule has 0 saturated carbocycles. The van der Waals surface area contributed by atoms with Crippen molar-refractivity contribution in [1.82, 2.24) is 4.57 Å². The van der Waals surface area contributed by atoms with E-state index >= 15 is 0 Å². The van der Waals surface area contributed by atoms with Crippen molar-refractivity contribution in [3.8, 4) is 0 Å². The Labute approximate surface area is 317 Å². The second kappa shape index (κ2) is 12.7. The van der Waals surface area contributed by atoms with E-state index < -0.39 is 0 Å². The summed E-state index contributed by atoms with van der Waals surface area (Å²) in [5, 5.41) is 4.31. The van der Waals surface area contributed by atoms with E-state index in [9.17, 15) is 0 Å². The molecule has 52 heavy (non-hydrogen) atoms. The van der Waals surface area contributed by atoms with Crippen molar-refractivity contribution in [1.29, 1.82) is 0 Å². The summed E-state index contributed by atoms with van der Waals surface area (Å²) in [6.07, 6.45) is 38.9. The molecule has 4 aromatic rings.